The Morgan fingerprint density at radius 1 is 1.12 bits per heavy atom. The fourth-order valence-corrected chi connectivity index (χ4v) is 4.28. The monoisotopic (exact) mass is 378 g/mol. The molecule has 2 aromatic rings. The molecule has 0 saturated carbocycles. The molecule has 3 rings (SSSR count). The lowest BCUT2D eigenvalue weighted by Crippen LogP contribution is -2.28. The maximum Gasteiger partial charge on any atom is 0.262 e. The number of anilines is 1. The number of benzene rings is 2. The van der Waals surface area contributed by atoms with E-state index in [0.717, 1.165) is 12.8 Å². The molecule has 0 atom stereocenters. The van der Waals surface area contributed by atoms with Crippen molar-refractivity contribution in [3.63, 3.8) is 0 Å². The number of sulfonamides is 1. The summed E-state index contributed by atoms with van der Waals surface area (Å²) in [5.41, 5.74) is 0.359. The van der Waals surface area contributed by atoms with Crippen LogP contribution in [0.1, 0.15) is 12.8 Å². The van der Waals surface area contributed by atoms with Crippen LogP contribution in [0.5, 0.6) is 5.75 Å². The fourth-order valence-electron chi connectivity index (χ4n) is 2.71. The minimum atomic E-state index is -3.55. The van der Waals surface area contributed by atoms with Gasteiger partial charge in [-0.05, 0) is 43.2 Å². The number of carbonyl (C=O) groups is 1. The summed E-state index contributed by atoms with van der Waals surface area (Å²) in [6, 6.07) is 11.6. The van der Waals surface area contributed by atoms with Gasteiger partial charge in [0.1, 0.15) is 11.6 Å². The lowest BCUT2D eigenvalue weighted by Gasteiger charge is -2.16. The van der Waals surface area contributed by atoms with Gasteiger partial charge in [0, 0.05) is 24.8 Å². The Balaban J connectivity index is 1.64. The molecule has 0 aliphatic carbocycles. The van der Waals surface area contributed by atoms with Crippen LogP contribution in [0.15, 0.2) is 53.4 Å². The first kappa shape index (κ1) is 18.3. The van der Waals surface area contributed by atoms with E-state index < -0.39 is 21.7 Å². The van der Waals surface area contributed by atoms with Crippen LogP contribution < -0.4 is 10.1 Å². The second-order valence-electron chi connectivity index (χ2n) is 5.93. The molecule has 1 heterocycles. The molecule has 1 aliphatic rings. The molecule has 0 unspecified atom stereocenters. The van der Waals surface area contributed by atoms with Crippen LogP contribution in [0.3, 0.4) is 0 Å². The highest BCUT2D eigenvalue weighted by Gasteiger charge is 2.27. The van der Waals surface area contributed by atoms with Gasteiger partial charge in [0.25, 0.3) is 5.91 Å². The summed E-state index contributed by atoms with van der Waals surface area (Å²) in [6.07, 6.45) is 1.71. The van der Waals surface area contributed by atoms with Crippen LogP contribution in [0.4, 0.5) is 10.1 Å². The lowest BCUT2D eigenvalue weighted by atomic mass is 10.3. The molecule has 0 radical (unpaired) electrons. The number of hydrogen-bond donors (Lipinski definition) is 1. The summed E-state index contributed by atoms with van der Waals surface area (Å²) < 4.78 is 44.9. The zero-order valence-electron chi connectivity index (χ0n) is 14.0. The number of nitrogens with zero attached hydrogens (tertiary/aromatic N) is 1. The van der Waals surface area contributed by atoms with Gasteiger partial charge in [-0.15, -0.1) is 0 Å². The molecule has 1 aliphatic heterocycles. The number of rotatable bonds is 6. The number of amides is 1. The highest BCUT2D eigenvalue weighted by atomic mass is 32.2. The van der Waals surface area contributed by atoms with Gasteiger partial charge in [-0.3, -0.25) is 4.79 Å². The third kappa shape index (κ3) is 4.39. The fraction of sp³-hybridized carbons (Fsp3) is 0.278. The van der Waals surface area contributed by atoms with Crippen LogP contribution >= 0.6 is 0 Å². The van der Waals surface area contributed by atoms with E-state index in [1.165, 1.54) is 34.6 Å². The average Bonchev–Trinajstić information content (AvgIpc) is 3.16. The van der Waals surface area contributed by atoms with Crippen molar-refractivity contribution < 1.29 is 22.3 Å². The lowest BCUT2D eigenvalue weighted by molar-refractivity contribution is -0.118. The average molecular weight is 378 g/mol. The molecule has 2 aromatic carbocycles. The van der Waals surface area contributed by atoms with E-state index in [1.807, 2.05) is 0 Å². The Morgan fingerprint density at radius 2 is 1.85 bits per heavy atom. The highest BCUT2D eigenvalue weighted by Crippen LogP contribution is 2.23. The van der Waals surface area contributed by atoms with Crippen molar-refractivity contribution in [2.45, 2.75) is 17.7 Å². The largest absolute Gasteiger partial charge is 0.484 e. The Labute approximate surface area is 151 Å². The Bertz CT molecular complexity index is 896. The number of carbonyl (C=O) groups excluding carboxylic acids is 1. The van der Waals surface area contributed by atoms with E-state index in [1.54, 1.807) is 18.2 Å². The van der Waals surface area contributed by atoms with Crippen molar-refractivity contribution in [2.24, 2.45) is 0 Å². The van der Waals surface area contributed by atoms with Crippen LogP contribution in [0, 0.1) is 5.82 Å². The summed E-state index contributed by atoms with van der Waals surface area (Å²) in [5.74, 6) is -0.682. The van der Waals surface area contributed by atoms with E-state index in [2.05, 4.69) is 5.32 Å². The molecule has 1 N–H and O–H groups in total. The van der Waals surface area contributed by atoms with Gasteiger partial charge >= 0.3 is 0 Å². The molecule has 1 fully saturated rings. The first-order chi connectivity index (χ1) is 12.4. The zero-order valence-corrected chi connectivity index (χ0v) is 14.8. The standard InChI is InChI=1S/C18H19FN2O4S/c19-14-5-3-7-16(11-14)25-13-18(22)20-15-6-4-8-17(12-15)26(23,24)21-9-1-2-10-21/h3-8,11-12H,1-2,9-10,13H2,(H,20,22). The second-order valence-corrected chi connectivity index (χ2v) is 7.87. The van der Waals surface area contributed by atoms with Gasteiger partial charge in [0.05, 0.1) is 4.90 Å². The van der Waals surface area contributed by atoms with Gasteiger partial charge in [-0.1, -0.05) is 12.1 Å². The third-order valence-electron chi connectivity index (χ3n) is 3.99. The van der Waals surface area contributed by atoms with E-state index in [9.17, 15) is 17.6 Å². The normalized spacial score (nSPS) is 15.0. The minimum absolute atomic E-state index is 0.142. The summed E-state index contributed by atoms with van der Waals surface area (Å²) in [4.78, 5) is 12.1. The molecule has 8 heteroatoms. The van der Waals surface area contributed by atoms with Gasteiger partial charge in [-0.25, -0.2) is 12.8 Å². The Hall–Kier alpha value is -2.45. The van der Waals surface area contributed by atoms with Crippen molar-refractivity contribution in [1.29, 1.82) is 0 Å². The molecule has 0 spiro atoms. The van der Waals surface area contributed by atoms with Crippen LogP contribution in [0.25, 0.3) is 0 Å². The van der Waals surface area contributed by atoms with Gasteiger partial charge in [0.15, 0.2) is 6.61 Å². The van der Waals surface area contributed by atoms with E-state index >= 15 is 0 Å². The number of halogens is 1. The third-order valence-corrected chi connectivity index (χ3v) is 5.88. The predicted molar refractivity (Wildman–Crippen MR) is 95.0 cm³/mol. The summed E-state index contributed by atoms with van der Waals surface area (Å²) in [5, 5.41) is 2.59. The van der Waals surface area contributed by atoms with Gasteiger partial charge in [-0.2, -0.15) is 4.31 Å². The molecule has 6 nitrogen and oxygen atoms in total. The Morgan fingerprint density at radius 3 is 2.58 bits per heavy atom. The maximum atomic E-state index is 13.1. The van der Waals surface area contributed by atoms with Gasteiger partial charge in [0.2, 0.25) is 10.0 Å². The van der Waals surface area contributed by atoms with Crippen molar-refractivity contribution >= 4 is 21.6 Å². The molecular weight excluding hydrogens is 359 g/mol. The molecule has 0 aromatic heterocycles. The molecule has 26 heavy (non-hydrogen) atoms. The van der Waals surface area contributed by atoms with E-state index in [-0.39, 0.29) is 17.3 Å². The van der Waals surface area contributed by atoms with E-state index in [0.29, 0.717) is 18.8 Å². The summed E-state index contributed by atoms with van der Waals surface area (Å²) in [6.45, 7) is 0.716. The molecule has 0 bridgehead atoms. The second kappa shape index (κ2) is 7.84. The highest BCUT2D eigenvalue weighted by molar-refractivity contribution is 7.89. The molecule has 1 amide bonds. The zero-order chi connectivity index (χ0) is 18.6. The molecule has 1 saturated heterocycles. The van der Waals surface area contributed by atoms with Crippen molar-refractivity contribution in [3.05, 3.63) is 54.3 Å². The van der Waals surface area contributed by atoms with Crippen molar-refractivity contribution in [1.82, 2.24) is 4.31 Å². The van der Waals surface area contributed by atoms with Crippen molar-refractivity contribution in [3.8, 4) is 5.75 Å². The maximum absolute atomic E-state index is 13.1. The first-order valence-corrected chi connectivity index (χ1v) is 9.67. The minimum Gasteiger partial charge on any atom is -0.484 e. The van der Waals surface area contributed by atoms with Crippen LogP contribution in [-0.2, 0) is 14.8 Å². The van der Waals surface area contributed by atoms with E-state index in [4.69, 9.17) is 4.74 Å². The smallest absolute Gasteiger partial charge is 0.262 e. The molecule has 138 valence electrons. The quantitative estimate of drug-likeness (QED) is 0.838. The van der Waals surface area contributed by atoms with Crippen LogP contribution in [-0.4, -0.2) is 38.3 Å². The topological polar surface area (TPSA) is 75.7 Å². The molecular formula is C18H19FN2O4S. The summed E-state index contributed by atoms with van der Waals surface area (Å²) >= 11 is 0. The van der Waals surface area contributed by atoms with Crippen molar-refractivity contribution in [2.75, 3.05) is 25.0 Å². The van der Waals surface area contributed by atoms with Gasteiger partial charge < -0.3 is 10.1 Å². The number of ether oxygens (including phenoxy) is 1. The number of nitrogens with one attached hydrogen (secondary N) is 1. The Kier molecular flexibility index (Phi) is 5.53. The first-order valence-electron chi connectivity index (χ1n) is 8.23. The predicted octanol–water partition coefficient (Wildman–Crippen LogP) is 2.63. The number of hydrogen-bond acceptors (Lipinski definition) is 4. The SMILES string of the molecule is O=C(COc1cccc(F)c1)Nc1cccc(S(=O)(=O)N2CCCC2)c1. The summed E-state index contributed by atoms with van der Waals surface area (Å²) in [7, 11) is -3.55. The van der Waals surface area contributed by atoms with Crippen LogP contribution in [0.2, 0.25) is 0 Å².